The first-order valence-corrected chi connectivity index (χ1v) is 7.31. The first-order valence-electron chi connectivity index (χ1n) is 7.31. The molecule has 1 aromatic rings. The van der Waals surface area contributed by atoms with E-state index in [-0.39, 0.29) is 12.2 Å². The van der Waals surface area contributed by atoms with Crippen LogP contribution < -0.4 is 0 Å². The van der Waals surface area contributed by atoms with Gasteiger partial charge in [-0.05, 0) is 26.3 Å². The maximum absolute atomic E-state index is 9.89. The van der Waals surface area contributed by atoms with Crippen LogP contribution in [-0.2, 0) is 25.6 Å². The van der Waals surface area contributed by atoms with Crippen molar-refractivity contribution in [2.24, 2.45) is 0 Å². The van der Waals surface area contributed by atoms with Crippen molar-refractivity contribution < 1.29 is 24.1 Å². The molecule has 0 spiro atoms. The molecule has 1 N–H and O–H groups in total. The summed E-state index contributed by atoms with van der Waals surface area (Å²) in [5.41, 5.74) is 1.07. The van der Waals surface area contributed by atoms with Gasteiger partial charge in [0.2, 0.25) is 0 Å². The third-order valence-electron chi connectivity index (χ3n) is 3.79. The lowest BCUT2D eigenvalue weighted by molar-refractivity contribution is -0.229. The second-order valence-corrected chi connectivity index (χ2v) is 6.07. The van der Waals surface area contributed by atoms with E-state index in [0.29, 0.717) is 6.61 Å². The Morgan fingerprint density at radius 3 is 2.62 bits per heavy atom. The molecule has 0 saturated carbocycles. The van der Waals surface area contributed by atoms with Gasteiger partial charge in [-0.1, -0.05) is 30.3 Å². The van der Waals surface area contributed by atoms with E-state index < -0.39 is 24.3 Å². The van der Waals surface area contributed by atoms with Gasteiger partial charge in [-0.15, -0.1) is 0 Å². The molecule has 5 atom stereocenters. The fourth-order valence-electron chi connectivity index (χ4n) is 2.85. The summed E-state index contributed by atoms with van der Waals surface area (Å²) in [6.45, 7) is 5.83. The Kier molecular flexibility index (Phi) is 4.03. The van der Waals surface area contributed by atoms with Gasteiger partial charge in [0.05, 0.1) is 12.7 Å². The highest BCUT2D eigenvalue weighted by molar-refractivity contribution is 5.13. The Morgan fingerprint density at radius 2 is 1.95 bits per heavy atom. The van der Waals surface area contributed by atoms with Gasteiger partial charge in [0.1, 0.15) is 18.3 Å². The van der Waals surface area contributed by atoms with Crippen LogP contribution in [-0.4, -0.2) is 41.6 Å². The van der Waals surface area contributed by atoms with Crippen molar-refractivity contribution in [2.75, 3.05) is 0 Å². The molecule has 0 aromatic heterocycles. The third-order valence-corrected chi connectivity index (χ3v) is 3.79. The molecule has 2 aliphatic rings. The van der Waals surface area contributed by atoms with Crippen molar-refractivity contribution >= 4 is 0 Å². The molecule has 0 amide bonds. The SMILES string of the molecule is CC(O)[C@H]1O[C@@H]2OC(C)(C)OC2[C@H]1OCc1ccccc1. The second-order valence-electron chi connectivity index (χ2n) is 6.07. The predicted molar refractivity (Wildman–Crippen MR) is 75.4 cm³/mol. The molecule has 0 aliphatic carbocycles. The summed E-state index contributed by atoms with van der Waals surface area (Å²) in [5, 5.41) is 9.89. The average molecular weight is 294 g/mol. The fourth-order valence-corrected chi connectivity index (χ4v) is 2.85. The predicted octanol–water partition coefficient (Wildman–Crippen LogP) is 1.83. The van der Waals surface area contributed by atoms with E-state index in [1.807, 2.05) is 44.2 Å². The summed E-state index contributed by atoms with van der Waals surface area (Å²) in [6.07, 6.45) is -2.24. The highest BCUT2D eigenvalue weighted by Crippen LogP contribution is 2.39. The smallest absolute Gasteiger partial charge is 0.190 e. The molecule has 5 heteroatoms. The van der Waals surface area contributed by atoms with Gasteiger partial charge in [0.25, 0.3) is 0 Å². The third kappa shape index (κ3) is 3.12. The van der Waals surface area contributed by atoms with Crippen molar-refractivity contribution in [1.82, 2.24) is 0 Å². The number of fused-ring (bicyclic) bond motifs is 1. The van der Waals surface area contributed by atoms with Crippen LogP contribution >= 0.6 is 0 Å². The van der Waals surface area contributed by atoms with E-state index in [2.05, 4.69) is 0 Å². The van der Waals surface area contributed by atoms with Crippen LogP contribution in [0.5, 0.6) is 0 Å². The molecule has 5 nitrogen and oxygen atoms in total. The van der Waals surface area contributed by atoms with Gasteiger partial charge in [-0.25, -0.2) is 0 Å². The summed E-state index contributed by atoms with van der Waals surface area (Å²) in [5.74, 6) is -0.687. The Morgan fingerprint density at radius 1 is 1.24 bits per heavy atom. The van der Waals surface area contributed by atoms with Crippen LogP contribution in [0.25, 0.3) is 0 Å². The zero-order chi connectivity index (χ0) is 15.0. The van der Waals surface area contributed by atoms with E-state index >= 15 is 0 Å². The maximum Gasteiger partial charge on any atom is 0.190 e. The fraction of sp³-hybridized carbons (Fsp3) is 0.625. The van der Waals surface area contributed by atoms with E-state index in [4.69, 9.17) is 18.9 Å². The largest absolute Gasteiger partial charge is 0.391 e. The lowest BCUT2D eigenvalue weighted by atomic mass is 10.1. The Hall–Kier alpha value is -0.980. The highest BCUT2D eigenvalue weighted by atomic mass is 16.8. The first kappa shape index (κ1) is 14.9. The quantitative estimate of drug-likeness (QED) is 0.918. The van der Waals surface area contributed by atoms with Crippen molar-refractivity contribution in [3.63, 3.8) is 0 Å². The summed E-state index contributed by atoms with van der Waals surface area (Å²) >= 11 is 0. The Balaban J connectivity index is 1.70. The number of hydrogen-bond acceptors (Lipinski definition) is 5. The molecular formula is C16H22O5. The minimum absolute atomic E-state index is 0.316. The van der Waals surface area contributed by atoms with Crippen molar-refractivity contribution in [1.29, 1.82) is 0 Å². The molecule has 3 rings (SSSR count). The van der Waals surface area contributed by atoms with Crippen LogP contribution in [0.3, 0.4) is 0 Å². The molecule has 0 radical (unpaired) electrons. The number of ether oxygens (including phenoxy) is 4. The molecule has 1 aromatic carbocycles. The number of rotatable bonds is 4. The van der Waals surface area contributed by atoms with Gasteiger partial charge in [0, 0.05) is 0 Å². The normalized spacial score (nSPS) is 35.6. The monoisotopic (exact) mass is 294 g/mol. The maximum atomic E-state index is 9.89. The highest BCUT2D eigenvalue weighted by Gasteiger charge is 2.56. The topological polar surface area (TPSA) is 57.2 Å². The van der Waals surface area contributed by atoms with Gasteiger partial charge >= 0.3 is 0 Å². The Labute approximate surface area is 124 Å². The first-order chi connectivity index (χ1) is 9.96. The summed E-state index contributed by atoms with van der Waals surface area (Å²) in [6, 6.07) is 9.91. The Bertz CT molecular complexity index is 473. The summed E-state index contributed by atoms with van der Waals surface area (Å²) in [7, 11) is 0. The minimum Gasteiger partial charge on any atom is -0.391 e. The molecule has 2 unspecified atom stereocenters. The van der Waals surface area contributed by atoms with E-state index in [1.165, 1.54) is 0 Å². The standard InChI is InChI=1S/C16H22O5/c1-10(17)12-13(18-9-11-7-5-4-6-8-11)14-15(19-12)21-16(2,3)20-14/h4-8,10,12-15,17H,9H2,1-3H3/t10?,12-,13+,14?,15-/m1/s1. The second kappa shape index (κ2) is 5.66. The minimum atomic E-state index is -0.687. The number of aliphatic hydroxyl groups is 1. The van der Waals surface area contributed by atoms with Crippen molar-refractivity contribution in [3.8, 4) is 0 Å². The molecule has 116 valence electrons. The van der Waals surface area contributed by atoms with Crippen molar-refractivity contribution in [2.45, 2.75) is 63.9 Å². The molecular weight excluding hydrogens is 272 g/mol. The lowest BCUT2D eigenvalue weighted by Crippen LogP contribution is -2.41. The van der Waals surface area contributed by atoms with Crippen LogP contribution in [0.15, 0.2) is 30.3 Å². The molecule has 2 aliphatic heterocycles. The summed E-state index contributed by atoms with van der Waals surface area (Å²) < 4.78 is 23.3. The van der Waals surface area contributed by atoms with Gasteiger partial charge in [-0.2, -0.15) is 0 Å². The van der Waals surface area contributed by atoms with Crippen LogP contribution in [0.1, 0.15) is 26.3 Å². The van der Waals surface area contributed by atoms with Crippen LogP contribution in [0, 0.1) is 0 Å². The molecule has 2 fully saturated rings. The van der Waals surface area contributed by atoms with Crippen LogP contribution in [0.4, 0.5) is 0 Å². The van der Waals surface area contributed by atoms with Gasteiger partial charge in [0.15, 0.2) is 12.1 Å². The summed E-state index contributed by atoms with van der Waals surface area (Å²) in [4.78, 5) is 0. The van der Waals surface area contributed by atoms with Gasteiger partial charge in [-0.3, -0.25) is 0 Å². The van der Waals surface area contributed by atoms with E-state index in [1.54, 1.807) is 6.92 Å². The molecule has 2 saturated heterocycles. The van der Waals surface area contributed by atoms with Crippen molar-refractivity contribution in [3.05, 3.63) is 35.9 Å². The number of benzene rings is 1. The van der Waals surface area contributed by atoms with E-state index in [9.17, 15) is 5.11 Å². The molecule has 0 bridgehead atoms. The zero-order valence-corrected chi connectivity index (χ0v) is 12.6. The average Bonchev–Trinajstić information content (AvgIpc) is 2.90. The lowest BCUT2D eigenvalue weighted by Gasteiger charge is -2.27. The van der Waals surface area contributed by atoms with E-state index in [0.717, 1.165) is 5.56 Å². The number of hydrogen-bond donors (Lipinski definition) is 1. The number of aliphatic hydroxyl groups excluding tert-OH is 1. The van der Waals surface area contributed by atoms with Crippen LogP contribution in [0.2, 0.25) is 0 Å². The molecule has 21 heavy (non-hydrogen) atoms. The zero-order valence-electron chi connectivity index (χ0n) is 12.6. The molecule has 2 heterocycles. The van der Waals surface area contributed by atoms with Gasteiger partial charge < -0.3 is 24.1 Å².